The summed E-state index contributed by atoms with van der Waals surface area (Å²) < 4.78 is 1.65. The molecule has 0 aliphatic carbocycles. The van der Waals surface area contributed by atoms with Crippen molar-refractivity contribution in [2.75, 3.05) is 23.3 Å². The van der Waals surface area contributed by atoms with Gasteiger partial charge in [-0.25, -0.2) is 0 Å². The Balaban J connectivity index is 1.48. The minimum absolute atomic E-state index is 0.0392. The van der Waals surface area contributed by atoms with Gasteiger partial charge >= 0.3 is 0 Å². The quantitative estimate of drug-likeness (QED) is 0.792. The Kier molecular flexibility index (Phi) is 3.18. The molecule has 0 fully saturated rings. The van der Waals surface area contributed by atoms with E-state index in [1.54, 1.807) is 10.6 Å². The van der Waals surface area contributed by atoms with Crippen molar-refractivity contribution in [1.82, 2.24) is 19.8 Å². The lowest BCUT2D eigenvalue weighted by Gasteiger charge is -2.17. The molecule has 1 N–H and O–H groups in total. The van der Waals surface area contributed by atoms with Crippen LogP contribution in [0.1, 0.15) is 11.4 Å². The second-order valence-corrected chi connectivity index (χ2v) is 5.51. The Morgan fingerprint density at radius 1 is 1.22 bits per heavy atom. The number of nitrogens with zero attached hydrogens (tertiary/aromatic N) is 5. The molecule has 7 heteroatoms. The maximum atomic E-state index is 12.5. The molecule has 3 heterocycles. The predicted molar refractivity (Wildman–Crippen MR) is 86.5 cm³/mol. The van der Waals surface area contributed by atoms with E-state index in [0.717, 1.165) is 18.7 Å². The molecule has 3 aromatic rings. The molecule has 4 rings (SSSR count). The number of hydrogen-bond acceptors (Lipinski definition) is 5. The number of hydrogen-bond donors (Lipinski definition) is 1. The maximum absolute atomic E-state index is 12.5. The molecule has 0 radical (unpaired) electrons. The number of amides is 1. The fourth-order valence-electron chi connectivity index (χ4n) is 2.85. The van der Waals surface area contributed by atoms with Crippen LogP contribution < -0.4 is 10.2 Å². The topological polar surface area (TPSA) is 75.4 Å². The number of fused-ring (bicyclic) bond motifs is 2. The molecule has 0 saturated carbocycles. The van der Waals surface area contributed by atoms with Crippen molar-refractivity contribution in [2.45, 2.75) is 13.3 Å². The van der Waals surface area contributed by atoms with Crippen LogP contribution in [0.3, 0.4) is 0 Å². The minimum Gasteiger partial charge on any atom is -0.360 e. The molecular formula is C16H16N6O. The van der Waals surface area contributed by atoms with Gasteiger partial charge in [-0.05, 0) is 37.1 Å². The van der Waals surface area contributed by atoms with Crippen molar-refractivity contribution in [3.8, 4) is 0 Å². The van der Waals surface area contributed by atoms with Crippen LogP contribution in [-0.2, 0) is 11.2 Å². The number of aryl methyl sites for hydroxylation is 1. The second kappa shape index (κ2) is 5.35. The van der Waals surface area contributed by atoms with Crippen molar-refractivity contribution >= 4 is 23.1 Å². The van der Waals surface area contributed by atoms with Crippen LogP contribution in [0.2, 0.25) is 0 Å². The highest BCUT2D eigenvalue weighted by atomic mass is 16.2. The molecule has 1 amide bonds. The summed E-state index contributed by atoms with van der Waals surface area (Å²) in [6.45, 7) is 2.77. The van der Waals surface area contributed by atoms with E-state index in [-0.39, 0.29) is 12.5 Å². The van der Waals surface area contributed by atoms with Crippen molar-refractivity contribution in [1.29, 1.82) is 0 Å². The fourth-order valence-corrected chi connectivity index (χ4v) is 2.85. The summed E-state index contributed by atoms with van der Waals surface area (Å²) in [5.41, 5.74) is 2.92. The first-order valence-corrected chi connectivity index (χ1v) is 7.53. The normalized spacial score (nSPS) is 13.3. The van der Waals surface area contributed by atoms with Gasteiger partial charge in [0, 0.05) is 12.2 Å². The maximum Gasteiger partial charge on any atom is 0.246 e. The molecule has 0 saturated heterocycles. The molecule has 2 aromatic heterocycles. The third-order valence-electron chi connectivity index (χ3n) is 4.03. The van der Waals surface area contributed by atoms with Gasteiger partial charge in [0.05, 0.1) is 6.54 Å². The van der Waals surface area contributed by atoms with Gasteiger partial charge in [0.25, 0.3) is 0 Å². The molecule has 1 aliphatic heterocycles. The van der Waals surface area contributed by atoms with E-state index in [4.69, 9.17) is 0 Å². The SMILES string of the molecule is Cc1nnc2ccc(NCC(=O)N3CCc4ccccc43)nn12. The molecule has 0 atom stereocenters. The number of nitrogens with one attached hydrogen (secondary N) is 1. The van der Waals surface area contributed by atoms with E-state index in [9.17, 15) is 4.79 Å². The van der Waals surface area contributed by atoms with Crippen LogP contribution in [0.25, 0.3) is 5.65 Å². The van der Waals surface area contributed by atoms with Gasteiger partial charge in [0.2, 0.25) is 5.91 Å². The average molecular weight is 308 g/mol. The zero-order chi connectivity index (χ0) is 15.8. The van der Waals surface area contributed by atoms with Crippen LogP contribution in [0.5, 0.6) is 0 Å². The minimum atomic E-state index is 0.0392. The number of aromatic nitrogens is 4. The van der Waals surface area contributed by atoms with Crippen LogP contribution in [0.15, 0.2) is 36.4 Å². The number of anilines is 2. The van der Waals surface area contributed by atoms with Crippen molar-refractivity contribution in [3.63, 3.8) is 0 Å². The molecule has 0 spiro atoms. The molecular weight excluding hydrogens is 292 g/mol. The van der Waals surface area contributed by atoms with Gasteiger partial charge in [-0.1, -0.05) is 18.2 Å². The molecule has 0 bridgehead atoms. The lowest BCUT2D eigenvalue weighted by molar-refractivity contribution is -0.116. The molecule has 0 unspecified atom stereocenters. The summed E-state index contributed by atoms with van der Waals surface area (Å²) in [4.78, 5) is 14.3. The van der Waals surface area contributed by atoms with Crippen LogP contribution in [0.4, 0.5) is 11.5 Å². The average Bonchev–Trinajstić information content (AvgIpc) is 3.17. The highest BCUT2D eigenvalue weighted by molar-refractivity contribution is 5.97. The summed E-state index contributed by atoms with van der Waals surface area (Å²) in [5, 5.41) is 15.4. The molecule has 1 aromatic carbocycles. The summed E-state index contributed by atoms with van der Waals surface area (Å²) in [6.07, 6.45) is 0.909. The van der Waals surface area contributed by atoms with Gasteiger partial charge < -0.3 is 10.2 Å². The first-order valence-electron chi connectivity index (χ1n) is 7.53. The van der Waals surface area contributed by atoms with E-state index in [2.05, 4.69) is 26.7 Å². The molecule has 1 aliphatic rings. The monoisotopic (exact) mass is 308 g/mol. The Morgan fingerprint density at radius 3 is 3.00 bits per heavy atom. The lowest BCUT2D eigenvalue weighted by atomic mass is 10.2. The van der Waals surface area contributed by atoms with Crippen LogP contribution >= 0.6 is 0 Å². The Morgan fingerprint density at radius 2 is 2.09 bits per heavy atom. The van der Waals surface area contributed by atoms with Gasteiger partial charge in [-0.3, -0.25) is 4.79 Å². The van der Waals surface area contributed by atoms with Crippen LogP contribution in [0, 0.1) is 6.92 Å². The first-order chi connectivity index (χ1) is 11.2. The van der Waals surface area contributed by atoms with Crippen molar-refractivity contribution < 1.29 is 4.79 Å². The number of para-hydroxylation sites is 1. The van der Waals surface area contributed by atoms with Gasteiger partial charge in [-0.2, -0.15) is 4.52 Å². The van der Waals surface area contributed by atoms with Crippen molar-refractivity contribution in [3.05, 3.63) is 47.8 Å². The third-order valence-corrected chi connectivity index (χ3v) is 4.03. The number of carbonyl (C=O) groups is 1. The largest absolute Gasteiger partial charge is 0.360 e. The Hall–Kier alpha value is -2.96. The van der Waals surface area contributed by atoms with Gasteiger partial charge in [0.1, 0.15) is 5.82 Å². The van der Waals surface area contributed by atoms with E-state index >= 15 is 0 Å². The molecule has 116 valence electrons. The smallest absolute Gasteiger partial charge is 0.246 e. The molecule has 23 heavy (non-hydrogen) atoms. The summed E-state index contributed by atoms with van der Waals surface area (Å²) >= 11 is 0. The number of rotatable bonds is 3. The number of benzene rings is 1. The molecule has 7 nitrogen and oxygen atoms in total. The number of carbonyl (C=O) groups excluding carboxylic acids is 1. The highest BCUT2D eigenvalue weighted by Crippen LogP contribution is 2.27. The van der Waals surface area contributed by atoms with Gasteiger partial charge in [0.15, 0.2) is 11.5 Å². The summed E-state index contributed by atoms with van der Waals surface area (Å²) in [5.74, 6) is 1.38. The predicted octanol–water partition coefficient (Wildman–Crippen LogP) is 1.43. The summed E-state index contributed by atoms with van der Waals surface area (Å²) in [7, 11) is 0. The Bertz CT molecular complexity index is 887. The van der Waals surface area contributed by atoms with E-state index in [1.165, 1.54) is 5.56 Å². The van der Waals surface area contributed by atoms with E-state index < -0.39 is 0 Å². The van der Waals surface area contributed by atoms with Crippen LogP contribution in [-0.4, -0.2) is 38.8 Å². The van der Waals surface area contributed by atoms with Gasteiger partial charge in [-0.15, -0.1) is 15.3 Å². The van der Waals surface area contributed by atoms with E-state index in [1.807, 2.05) is 36.1 Å². The van der Waals surface area contributed by atoms with E-state index in [0.29, 0.717) is 17.3 Å². The zero-order valence-corrected chi connectivity index (χ0v) is 12.7. The fraction of sp³-hybridized carbons (Fsp3) is 0.250. The second-order valence-electron chi connectivity index (χ2n) is 5.51. The zero-order valence-electron chi connectivity index (χ0n) is 12.7. The highest BCUT2D eigenvalue weighted by Gasteiger charge is 2.23. The standard InChI is InChI=1S/C16H16N6O/c1-11-18-19-15-7-6-14(20-22(11)15)17-10-16(23)21-9-8-12-4-2-3-5-13(12)21/h2-7H,8-10H2,1H3,(H,17,20). The third kappa shape index (κ3) is 2.40. The van der Waals surface area contributed by atoms with Crippen molar-refractivity contribution in [2.24, 2.45) is 0 Å². The Labute approximate surface area is 132 Å². The summed E-state index contributed by atoms with van der Waals surface area (Å²) in [6, 6.07) is 11.7. The first kappa shape index (κ1) is 13.7. The lowest BCUT2D eigenvalue weighted by Crippen LogP contribution is -2.34.